The van der Waals surface area contributed by atoms with E-state index in [-0.39, 0.29) is 44.2 Å². The standard InChI is InChI=1S/C34H46N2O8/c1-33(2,3)43-28(18-19-29(37)44-34(4,5)6)30(38)35-20-12-11-17-27(31(39)40)36-32(41)42-21-26-24-15-9-7-13-22(24)23-14-8-10-16-25(23)26/h7-10,13-16,26-28H,11-12,17-21H2,1-6H3,(H,35,38)(H,36,41)(H,39,40)/t27-,28+/m0/s1. The van der Waals surface area contributed by atoms with E-state index in [1.165, 1.54) is 0 Å². The van der Waals surface area contributed by atoms with Crippen LogP contribution in [-0.4, -0.2) is 65.5 Å². The van der Waals surface area contributed by atoms with Crippen molar-refractivity contribution >= 4 is 23.9 Å². The van der Waals surface area contributed by atoms with Gasteiger partial charge in [0.25, 0.3) is 0 Å². The molecule has 3 rings (SSSR count). The minimum Gasteiger partial charge on any atom is -0.480 e. The Bertz CT molecular complexity index is 1270. The molecular weight excluding hydrogens is 564 g/mol. The monoisotopic (exact) mass is 610 g/mol. The lowest BCUT2D eigenvalue weighted by Gasteiger charge is -2.27. The quantitative estimate of drug-likeness (QED) is 0.186. The second-order valence-corrected chi connectivity index (χ2v) is 13.0. The molecule has 0 aromatic heterocycles. The molecule has 2 aromatic carbocycles. The van der Waals surface area contributed by atoms with E-state index in [9.17, 15) is 24.3 Å². The predicted molar refractivity (Wildman–Crippen MR) is 166 cm³/mol. The molecule has 0 aliphatic heterocycles. The Morgan fingerprint density at radius 3 is 1.98 bits per heavy atom. The summed E-state index contributed by atoms with van der Waals surface area (Å²) in [6.07, 6.45) is -0.351. The van der Waals surface area contributed by atoms with Crippen LogP contribution in [0.3, 0.4) is 0 Å². The average molecular weight is 611 g/mol. The van der Waals surface area contributed by atoms with Gasteiger partial charge in [0, 0.05) is 18.9 Å². The molecule has 0 bridgehead atoms. The molecule has 10 heteroatoms. The number of carbonyl (C=O) groups is 4. The Kier molecular flexibility index (Phi) is 11.9. The summed E-state index contributed by atoms with van der Waals surface area (Å²) >= 11 is 0. The van der Waals surface area contributed by atoms with E-state index in [4.69, 9.17) is 14.2 Å². The number of unbranched alkanes of at least 4 members (excludes halogenated alkanes) is 1. The molecule has 0 saturated carbocycles. The lowest BCUT2D eigenvalue weighted by molar-refractivity contribution is -0.157. The van der Waals surface area contributed by atoms with Gasteiger partial charge in [-0.2, -0.15) is 0 Å². The number of hydrogen-bond donors (Lipinski definition) is 3. The van der Waals surface area contributed by atoms with Crippen LogP contribution in [0.1, 0.15) is 90.7 Å². The first kappa shape index (κ1) is 34.6. The second kappa shape index (κ2) is 15.2. The van der Waals surface area contributed by atoms with Crippen molar-refractivity contribution in [3.05, 3.63) is 59.7 Å². The molecule has 0 saturated heterocycles. The molecule has 2 atom stereocenters. The third-order valence-electron chi connectivity index (χ3n) is 6.97. The van der Waals surface area contributed by atoms with Crippen molar-refractivity contribution in [1.82, 2.24) is 10.6 Å². The third kappa shape index (κ3) is 10.7. The summed E-state index contributed by atoms with van der Waals surface area (Å²) in [6.45, 7) is 11.2. The minimum absolute atomic E-state index is 0.0350. The molecular formula is C34H46N2O8. The van der Waals surface area contributed by atoms with Gasteiger partial charge in [-0.25, -0.2) is 9.59 Å². The first-order chi connectivity index (χ1) is 20.6. The third-order valence-corrected chi connectivity index (χ3v) is 6.97. The normalized spacial score (nSPS) is 14.1. The summed E-state index contributed by atoms with van der Waals surface area (Å²) in [5.74, 6) is -2.05. The molecule has 3 N–H and O–H groups in total. The van der Waals surface area contributed by atoms with E-state index in [0.29, 0.717) is 12.8 Å². The molecule has 0 fully saturated rings. The molecule has 10 nitrogen and oxygen atoms in total. The van der Waals surface area contributed by atoms with Crippen molar-refractivity contribution in [3.8, 4) is 11.1 Å². The van der Waals surface area contributed by atoms with Gasteiger partial charge in [0.1, 0.15) is 24.4 Å². The van der Waals surface area contributed by atoms with E-state index < -0.39 is 41.4 Å². The maximum absolute atomic E-state index is 12.8. The summed E-state index contributed by atoms with van der Waals surface area (Å²) in [7, 11) is 0. The molecule has 1 aliphatic carbocycles. The molecule has 2 aromatic rings. The van der Waals surface area contributed by atoms with Crippen molar-refractivity contribution in [2.24, 2.45) is 0 Å². The highest BCUT2D eigenvalue weighted by Gasteiger charge is 2.30. The highest BCUT2D eigenvalue weighted by Crippen LogP contribution is 2.44. The van der Waals surface area contributed by atoms with Crippen LogP contribution in [0.2, 0.25) is 0 Å². The Morgan fingerprint density at radius 1 is 0.841 bits per heavy atom. The van der Waals surface area contributed by atoms with Crippen LogP contribution in [0.5, 0.6) is 0 Å². The molecule has 2 amide bonds. The summed E-state index contributed by atoms with van der Waals surface area (Å²) in [5, 5.41) is 14.9. The number of carboxylic acid groups (broad SMARTS) is 1. The number of carboxylic acids is 1. The summed E-state index contributed by atoms with van der Waals surface area (Å²) in [6, 6.07) is 14.8. The lowest BCUT2D eigenvalue weighted by Crippen LogP contribution is -2.42. The van der Waals surface area contributed by atoms with Crippen molar-refractivity contribution in [2.45, 2.75) is 103 Å². The van der Waals surface area contributed by atoms with Crippen molar-refractivity contribution in [3.63, 3.8) is 0 Å². The number of nitrogens with one attached hydrogen (secondary N) is 2. The fourth-order valence-electron chi connectivity index (χ4n) is 5.15. The highest BCUT2D eigenvalue weighted by molar-refractivity contribution is 5.82. The van der Waals surface area contributed by atoms with E-state index in [1.54, 1.807) is 20.8 Å². The van der Waals surface area contributed by atoms with Gasteiger partial charge in [0.15, 0.2) is 0 Å². The van der Waals surface area contributed by atoms with Gasteiger partial charge in [0.05, 0.1) is 5.60 Å². The number of benzene rings is 2. The first-order valence-corrected chi connectivity index (χ1v) is 15.2. The van der Waals surface area contributed by atoms with Crippen molar-refractivity contribution in [2.75, 3.05) is 13.2 Å². The van der Waals surface area contributed by atoms with E-state index in [1.807, 2.05) is 69.3 Å². The Hall–Kier alpha value is -3.92. The summed E-state index contributed by atoms with van der Waals surface area (Å²) in [4.78, 5) is 49.4. The van der Waals surface area contributed by atoms with Gasteiger partial charge in [-0.05, 0) is 89.5 Å². The fourth-order valence-corrected chi connectivity index (χ4v) is 5.15. The van der Waals surface area contributed by atoms with E-state index in [2.05, 4.69) is 10.6 Å². The molecule has 240 valence electrons. The van der Waals surface area contributed by atoms with Gasteiger partial charge in [-0.1, -0.05) is 48.5 Å². The van der Waals surface area contributed by atoms with Crippen LogP contribution in [0.25, 0.3) is 11.1 Å². The van der Waals surface area contributed by atoms with E-state index >= 15 is 0 Å². The number of rotatable bonds is 14. The van der Waals surface area contributed by atoms with Crippen molar-refractivity contribution in [1.29, 1.82) is 0 Å². The number of carbonyl (C=O) groups excluding carboxylic acids is 3. The van der Waals surface area contributed by atoms with Crippen LogP contribution < -0.4 is 10.6 Å². The van der Waals surface area contributed by atoms with E-state index in [0.717, 1.165) is 22.3 Å². The van der Waals surface area contributed by atoms with Crippen LogP contribution >= 0.6 is 0 Å². The molecule has 0 radical (unpaired) electrons. The van der Waals surface area contributed by atoms with Crippen LogP contribution in [0, 0.1) is 0 Å². The molecule has 0 heterocycles. The largest absolute Gasteiger partial charge is 0.480 e. The van der Waals surface area contributed by atoms with Gasteiger partial charge in [-0.15, -0.1) is 0 Å². The number of aliphatic carboxylic acids is 1. The van der Waals surface area contributed by atoms with Gasteiger partial charge in [0.2, 0.25) is 5.91 Å². The van der Waals surface area contributed by atoms with Gasteiger partial charge < -0.3 is 30.0 Å². The smallest absolute Gasteiger partial charge is 0.407 e. The topological polar surface area (TPSA) is 140 Å². The second-order valence-electron chi connectivity index (χ2n) is 13.0. The zero-order valence-electron chi connectivity index (χ0n) is 26.6. The van der Waals surface area contributed by atoms with Crippen LogP contribution in [0.4, 0.5) is 4.79 Å². The number of fused-ring (bicyclic) bond motifs is 3. The average Bonchev–Trinajstić information content (AvgIpc) is 3.25. The number of ether oxygens (including phenoxy) is 3. The Balaban J connectivity index is 1.44. The molecule has 44 heavy (non-hydrogen) atoms. The number of amides is 2. The zero-order valence-corrected chi connectivity index (χ0v) is 26.6. The highest BCUT2D eigenvalue weighted by atomic mass is 16.6. The maximum atomic E-state index is 12.8. The number of hydrogen-bond acceptors (Lipinski definition) is 7. The fraction of sp³-hybridized carbons (Fsp3) is 0.529. The predicted octanol–water partition coefficient (Wildman–Crippen LogP) is 5.57. The van der Waals surface area contributed by atoms with Crippen LogP contribution in [-0.2, 0) is 28.6 Å². The summed E-state index contributed by atoms with van der Waals surface area (Å²) < 4.78 is 16.7. The molecule has 0 unspecified atom stereocenters. The van der Waals surface area contributed by atoms with Gasteiger partial charge in [-0.3, -0.25) is 9.59 Å². The summed E-state index contributed by atoms with van der Waals surface area (Å²) in [5.41, 5.74) is 3.12. The SMILES string of the molecule is CC(C)(C)OC(=O)CC[C@@H](OC(C)(C)C)C(=O)NCCCC[C@H](NC(=O)OCC1c2ccccc2-c2ccccc21)C(=O)O. The molecule has 1 aliphatic rings. The molecule has 0 spiro atoms. The van der Waals surface area contributed by atoms with Gasteiger partial charge >= 0.3 is 18.0 Å². The lowest BCUT2D eigenvalue weighted by atomic mass is 9.98. The Morgan fingerprint density at radius 2 is 1.43 bits per heavy atom. The number of alkyl carbamates (subject to hydrolysis) is 1. The minimum atomic E-state index is -1.16. The Labute approximate surface area is 259 Å². The zero-order chi connectivity index (χ0) is 32.5. The van der Waals surface area contributed by atoms with Crippen LogP contribution in [0.15, 0.2) is 48.5 Å². The number of esters is 1. The van der Waals surface area contributed by atoms with Crippen molar-refractivity contribution < 1.29 is 38.5 Å². The first-order valence-electron chi connectivity index (χ1n) is 15.2. The maximum Gasteiger partial charge on any atom is 0.407 e.